The molecule has 6 nitrogen and oxygen atoms in total. The van der Waals surface area contributed by atoms with Gasteiger partial charge in [-0.15, -0.1) is 0 Å². The van der Waals surface area contributed by atoms with Crippen molar-refractivity contribution in [3.63, 3.8) is 0 Å². The van der Waals surface area contributed by atoms with Crippen LogP contribution in [-0.4, -0.2) is 40.8 Å². The van der Waals surface area contributed by atoms with Gasteiger partial charge in [-0.3, -0.25) is 4.79 Å². The van der Waals surface area contributed by atoms with E-state index < -0.39 is 9.84 Å². The summed E-state index contributed by atoms with van der Waals surface area (Å²) < 4.78 is 33.6. The summed E-state index contributed by atoms with van der Waals surface area (Å²) in [6.07, 6.45) is 1.16. The van der Waals surface area contributed by atoms with Crippen LogP contribution in [0, 0.1) is 0 Å². The molecule has 0 radical (unpaired) electrons. The summed E-state index contributed by atoms with van der Waals surface area (Å²) in [5, 5.41) is 2.75. The molecule has 0 aromatic heterocycles. The molecule has 0 saturated carbocycles. The van der Waals surface area contributed by atoms with Crippen LogP contribution in [0.1, 0.15) is 15.9 Å². The first-order valence-electron chi connectivity index (χ1n) is 7.70. The Kier molecular flexibility index (Phi) is 6.55. The predicted molar refractivity (Wildman–Crippen MR) is 94.5 cm³/mol. The van der Waals surface area contributed by atoms with E-state index in [-0.39, 0.29) is 17.4 Å². The highest BCUT2D eigenvalue weighted by molar-refractivity contribution is 7.90. The molecule has 0 atom stereocenters. The molecule has 0 spiro atoms. The highest BCUT2D eigenvalue weighted by Crippen LogP contribution is 2.20. The van der Waals surface area contributed by atoms with Crippen molar-refractivity contribution in [2.45, 2.75) is 11.5 Å². The Bertz CT molecular complexity index is 816. The molecule has 25 heavy (non-hydrogen) atoms. The number of hydrogen-bond donors (Lipinski definition) is 1. The van der Waals surface area contributed by atoms with E-state index >= 15 is 0 Å². The van der Waals surface area contributed by atoms with Crippen molar-refractivity contribution in [2.24, 2.45) is 0 Å². The smallest absolute Gasteiger partial charge is 0.255 e. The first kappa shape index (κ1) is 19.0. The van der Waals surface area contributed by atoms with E-state index in [9.17, 15) is 13.2 Å². The fraction of sp³-hybridized carbons (Fsp3) is 0.278. The van der Waals surface area contributed by atoms with E-state index in [4.69, 9.17) is 9.47 Å². The number of hydrogen-bond acceptors (Lipinski definition) is 5. The number of benzene rings is 2. The molecule has 0 unspecified atom stereocenters. The summed E-state index contributed by atoms with van der Waals surface area (Å²) in [5.74, 6) is 0.227. The molecule has 1 N–H and O–H groups in total. The van der Waals surface area contributed by atoms with Gasteiger partial charge in [0.2, 0.25) is 0 Å². The minimum atomic E-state index is -3.22. The Morgan fingerprint density at radius 1 is 1.08 bits per heavy atom. The second kappa shape index (κ2) is 8.64. The van der Waals surface area contributed by atoms with Gasteiger partial charge in [0.15, 0.2) is 9.84 Å². The maximum absolute atomic E-state index is 12.2. The van der Waals surface area contributed by atoms with Crippen LogP contribution in [0.4, 0.5) is 0 Å². The summed E-state index contributed by atoms with van der Waals surface area (Å²) in [7, 11) is -1.65. The molecule has 0 heterocycles. The molecule has 2 aromatic carbocycles. The number of para-hydroxylation sites is 1. The lowest BCUT2D eigenvalue weighted by molar-refractivity contribution is 0.0932. The second-order valence-corrected chi connectivity index (χ2v) is 7.47. The predicted octanol–water partition coefficient (Wildman–Crippen LogP) is 2.05. The van der Waals surface area contributed by atoms with Gasteiger partial charge in [-0.25, -0.2) is 8.42 Å². The van der Waals surface area contributed by atoms with Crippen LogP contribution in [0.2, 0.25) is 0 Å². The van der Waals surface area contributed by atoms with Crippen LogP contribution in [0.15, 0.2) is 53.4 Å². The van der Waals surface area contributed by atoms with Crippen LogP contribution in [0.3, 0.4) is 0 Å². The molecule has 0 aliphatic heterocycles. The molecule has 0 bridgehead atoms. The number of methoxy groups -OCH3 is 1. The van der Waals surface area contributed by atoms with E-state index in [0.29, 0.717) is 24.5 Å². The number of carbonyl (C=O) groups is 1. The molecule has 0 aliphatic rings. The van der Waals surface area contributed by atoms with Crippen LogP contribution < -0.4 is 10.1 Å². The van der Waals surface area contributed by atoms with E-state index in [2.05, 4.69) is 5.32 Å². The summed E-state index contributed by atoms with van der Waals surface area (Å²) in [5.41, 5.74) is 1.24. The van der Waals surface area contributed by atoms with Gasteiger partial charge >= 0.3 is 0 Å². The Morgan fingerprint density at radius 3 is 2.40 bits per heavy atom. The Hall–Kier alpha value is -2.38. The summed E-state index contributed by atoms with van der Waals surface area (Å²) >= 11 is 0. The lowest BCUT2D eigenvalue weighted by atomic mass is 10.2. The largest absolute Gasteiger partial charge is 0.488 e. The van der Waals surface area contributed by atoms with Gasteiger partial charge in [-0.1, -0.05) is 24.3 Å². The minimum Gasteiger partial charge on any atom is -0.488 e. The van der Waals surface area contributed by atoms with Crippen LogP contribution in [0.25, 0.3) is 0 Å². The number of carbonyl (C=O) groups excluding carboxylic acids is 1. The normalized spacial score (nSPS) is 11.1. The molecular weight excluding hydrogens is 342 g/mol. The van der Waals surface area contributed by atoms with Crippen molar-refractivity contribution in [3.8, 4) is 5.75 Å². The molecule has 7 heteroatoms. The van der Waals surface area contributed by atoms with Crippen molar-refractivity contribution >= 4 is 15.7 Å². The highest BCUT2D eigenvalue weighted by Gasteiger charge is 2.12. The van der Waals surface area contributed by atoms with Crippen LogP contribution in [-0.2, 0) is 21.2 Å². The van der Waals surface area contributed by atoms with Crippen molar-refractivity contribution in [3.05, 3.63) is 59.7 Å². The highest BCUT2D eigenvalue weighted by atomic mass is 32.2. The number of nitrogens with one attached hydrogen (secondary N) is 1. The third-order valence-electron chi connectivity index (χ3n) is 3.47. The topological polar surface area (TPSA) is 81.7 Å². The van der Waals surface area contributed by atoms with Crippen molar-refractivity contribution in [1.29, 1.82) is 0 Å². The van der Waals surface area contributed by atoms with Gasteiger partial charge < -0.3 is 14.8 Å². The molecule has 134 valence electrons. The monoisotopic (exact) mass is 363 g/mol. The quantitative estimate of drug-likeness (QED) is 0.726. The van der Waals surface area contributed by atoms with Gasteiger partial charge in [-0.05, 0) is 29.8 Å². The van der Waals surface area contributed by atoms with Crippen molar-refractivity contribution < 1.29 is 22.7 Å². The molecule has 0 saturated heterocycles. The maximum Gasteiger partial charge on any atom is 0.255 e. The lowest BCUT2D eigenvalue weighted by Gasteiger charge is -2.12. The minimum absolute atomic E-state index is 0.229. The van der Waals surface area contributed by atoms with Crippen molar-refractivity contribution in [1.82, 2.24) is 5.32 Å². The zero-order chi connectivity index (χ0) is 18.3. The van der Waals surface area contributed by atoms with Gasteiger partial charge in [0, 0.05) is 19.9 Å². The molecular formula is C18H21NO5S. The Labute approximate surface area is 147 Å². The lowest BCUT2D eigenvalue weighted by Crippen LogP contribution is -2.27. The van der Waals surface area contributed by atoms with E-state index in [1.54, 1.807) is 43.5 Å². The Balaban J connectivity index is 2.04. The third-order valence-corrected chi connectivity index (χ3v) is 4.60. The Morgan fingerprint density at radius 2 is 1.76 bits per heavy atom. The van der Waals surface area contributed by atoms with Gasteiger partial charge in [0.25, 0.3) is 5.91 Å². The van der Waals surface area contributed by atoms with E-state index in [1.165, 1.54) is 12.1 Å². The fourth-order valence-electron chi connectivity index (χ4n) is 2.14. The number of amides is 1. The van der Waals surface area contributed by atoms with Crippen LogP contribution in [0.5, 0.6) is 5.75 Å². The van der Waals surface area contributed by atoms with Gasteiger partial charge in [0.1, 0.15) is 12.4 Å². The van der Waals surface area contributed by atoms with E-state index in [0.717, 1.165) is 11.8 Å². The third kappa shape index (κ3) is 5.58. The second-order valence-electron chi connectivity index (χ2n) is 5.45. The maximum atomic E-state index is 12.2. The average molecular weight is 363 g/mol. The molecule has 0 fully saturated rings. The summed E-state index contributed by atoms with van der Waals surface area (Å²) in [4.78, 5) is 12.5. The first-order valence-corrected chi connectivity index (χ1v) is 9.59. The van der Waals surface area contributed by atoms with Gasteiger partial charge in [0.05, 0.1) is 17.1 Å². The van der Waals surface area contributed by atoms with Crippen molar-refractivity contribution in [2.75, 3.05) is 26.5 Å². The molecule has 2 aromatic rings. The summed E-state index contributed by atoms with van der Waals surface area (Å²) in [6, 6.07) is 13.4. The zero-order valence-corrected chi connectivity index (χ0v) is 15.0. The first-order chi connectivity index (χ1) is 11.9. The number of sulfone groups is 1. The molecule has 2 rings (SSSR count). The fourth-order valence-corrected chi connectivity index (χ4v) is 2.77. The SMILES string of the molecule is COCCNC(=O)c1ccccc1OCc1ccc(S(C)(=O)=O)cc1. The van der Waals surface area contributed by atoms with Gasteiger partial charge in [-0.2, -0.15) is 0 Å². The van der Waals surface area contributed by atoms with E-state index in [1.807, 2.05) is 0 Å². The average Bonchev–Trinajstić information content (AvgIpc) is 2.60. The summed E-state index contributed by atoms with van der Waals surface area (Å²) in [6.45, 7) is 1.07. The zero-order valence-electron chi connectivity index (χ0n) is 14.2. The molecule has 1 amide bonds. The standard InChI is InChI=1S/C18H21NO5S/c1-23-12-11-19-18(20)16-5-3-4-6-17(16)24-13-14-7-9-15(10-8-14)25(2,21)22/h3-10H,11-13H2,1-2H3,(H,19,20). The van der Waals surface area contributed by atoms with Crippen LogP contribution >= 0.6 is 0 Å². The number of rotatable bonds is 8. The number of ether oxygens (including phenoxy) is 2. The molecule has 0 aliphatic carbocycles.